The molecule has 13 heteroatoms. The van der Waals surface area contributed by atoms with E-state index in [2.05, 4.69) is 21.5 Å². The van der Waals surface area contributed by atoms with Gasteiger partial charge < -0.3 is 26.6 Å². The Labute approximate surface area is 203 Å². The van der Waals surface area contributed by atoms with Gasteiger partial charge in [-0.3, -0.25) is 9.59 Å². The molecule has 3 rings (SSSR count). The number of rotatable bonds is 9. The molecule has 0 bridgehead atoms. The van der Waals surface area contributed by atoms with Crippen molar-refractivity contribution in [3.05, 3.63) is 86.1 Å². The number of benzene rings is 2. The van der Waals surface area contributed by atoms with Gasteiger partial charge in [0.25, 0.3) is 11.5 Å². The first-order chi connectivity index (χ1) is 17.1. The zero-order valence-corrected chi connectivity index (χ0v) is 19.6. The molecule has 11 nitrogen and oxygen atoms in total. The molecule has 36 heavy (non-hydrogen) atoms. The minimum absolute atomic E-state index is 0.158. The first-order valence-corrected chi connectivity index (χ1v) is 10.7. The van der Waals surface area contributed by atoms with E-state index in [1.165, 1.54) is 14.1 Å². The largest absolute Gasteiger partial charge is 0.480 e. The number of carboxylic acids is 1. The third-order valence-corrected chi connectivity index (χ3v) is 5.42. The van der Waals surface area contributed by atoms with Gasteiger partial charge in [-0.25, -0.2) is 18.4 Å². The molecule has 0 fully saturated rings. The molecule has 0 saturated heterocycles. The fraction of sp³-hybridized carbons (Fsp3) is 0.217. The van der Waals surface area contributed by atoms with E-state index in [4.69, 9.17) is 0 Å². The highest BCUT2D eigenvalue weighted by molar-refractivity contribution is 5.97. The van der Waals surface area contributed by atoms with Crippen LogP contribution in [-0.2, 0) is 11.2 Å². The summed E-state index contributed by atoms with van der Waals surface area (Å²) in [5.41, 5.74) is 4.13. The number of hydrogen-bond acceptors (Lipinski definition) is 7. The summed E-state index contributed by atoms with van der Waals surface area (Å²) >= 11 is 0. The maximum atomic E-state index is 13.9. The molecule has 0 unspecified atom stereocenters. The predicted octanol–water partition coefficient (Wildman–Crippen LogP) is 0.769. The first kappa shape index (κ1) is 25.9. The third-order valence-electron chi connectivity index (χ3n) is 5.42. The van der Waals surface area contributed by atoms with Gasteiger partial charge in [0.1, 0.15) is 29.1 Å². The molecule has 0 saturated carbocycles. The van der Waals surface area contributed by atoms with Crippen molar-refractivity contribution in [1.82, 2.24) is 14.7 Å². The zero-order chi connectivity index (χ0) is 26.6. The van der Waals surface area contributed by atoms with E-state index in [1.54, 1.807) is 31.3 Å². The fourth-order valence-corrected chi connectivity index (χ4v) is 3.70. The number of nitrogens with zero attached hydrogens (tertiary/aromatic N) is 2. The summed E-state index contributed by atoms with van der Waals surface area (Å²) in [6.45, 7) is 0. The molecular weight excluding hydrogens is 478 g/mol. The number of amides is 1. The van der Waals surface area contributed by atoms with Gasteiger partial charge in [-0.15, -0.1) is 0 Å². The van der Waals surface area contributed by atoms with Crippen molar-refractivity contribution in [2.24, 2.45) is 0 Å². The standard InChI is InChI=1S/C23H24F2N6O5/c1-26-19-17(21(33)31(28-3)23(36)30(19)27-2)13-9-7-12(8-10-13)11-16(22(34)35)29-20(32)18-14(24)5-4-6-15(18)25/h4-10,16,26-28H,11H2,1-3H3,(H,29,32)(H,34,35)/t16-/m0/s1. The van der Waals surface area contributed by atoms with Gasteiger partial charge in [0.05, 0.1) is 5.56 Å². The van der Waals surface area contributed by atoms with Gasteiger partial charge in [0.15, 0.2) is 0 Å². The van der Waals surface area contributed by atoms with Crippen LogP contribution in [0.15, 0.2) is 52.1 Å². The normalized spacial score (nSPS) is 11.5. The Morgan fingerprint density at radius 1 is 0.944 bits per heavy atom. The molecule has 0 radical (unpaired) electrons. The lowest BCUT2D eigenvalue weighted by Gasteiger charge is -2.18. The number of nitrogens with one attached hydrogen (secondary N) is 4. The Morgan fingerprint density at radius 3 is 2.03 bits per heavy atom. The van der Waals surface area contributed by atoms with Gasteiger partial charge in [0.2, 0.25) is 0 Å². The van der Waals surface area contributed by atoms with Gasteiger partial charge >= 0.3 is 11.7 Å². The van der Waals surface area contributed by atoms with Crippen LogP contribution in [0.4, 0.5) is 14.6 Å². The lowest BCUT2D eigenvalue weighted by molar-refractivity contribution is -0.139. The molecule has 0 aliphatic heterocycles. The summed E-state index contributed by atoms with van der Waals surface area (Å²) in [6, 6.07) is 7.57. The number of aliphatic carboxylic acids is 1. The lowest BCUT2D eigenvalue weighted by atomic mass is 10.0. The van der Waals surface area contributed by atoms with Crippen LogP contribution >= 0.6 is 0 Å². The van der Waals surface area contributed by atoms with E-state index >= 15 is 0 Å². The average Bonchev–Trinajstić information content (AvgIpc) is 2.84. The highest BCUT2D eigenvalue weighted by atomic mass is 19.1. The molecular formula is C23H24F2N6O5. The van der Waals surface area contributed by atoms with Crippen LogP contribution in [0.25, 0.3) is 11.1 Å². The predicted molar refractivity (Wildman–Crippen MR) is 129 cm³/mol. The summed E-state index contributed by atoms with van der Waals surface area (Å²) in [4.78, 5) is 49.6. The van der Waals surface area contributed by atoms with Crippen molar-refractivity contribution >= 4 is 17.7 Å². The van der Waals surface area contributed by atoms with E-state index < -0.39 is 46.4 Å². The molecule has 190 valence electrons. The van der Waals surface area contributed by atoms with Crippen molar-refractivity contribution in [2.45, 2.75) is 12.5 Å². The van der Waals surface area contributed by atoms with Gasteiger partial charge in [-0.05, 0) is 23.3 Å². The van der Waals surface area contributed by atoms with Crippen LogP contribution in [0.1, 0.15) is 15.9 Å². The monoisotopic (exact) mass is 502 g/mol. The van der Waals surface area contributed by atoms with E-state index in [1.807, 2.05) is 0 Å². The van der Waals surface area contributed by atoms with Crippen LogP contribution in [0.5, 0.6) is 0 Å². The van der Waals surface area contributed by atoms with E-state index in [0.29, 0.717) is 11.1 Å². The number of carboxylic acid groups (broad SMARTS) is 1. The van der Waals surface area contributed by atoms with Gasteiger partial charge in [-0.1, -0.05) is 30.3 Å². The first-order valence-electron chi connectivity index (χ1n) is 10.7. The van der Waals surface area contributed by atoms with E-state index in [9.17, 15) is 33.1 Å². The molecule has 1 atom stereocenters. The van der Waals surface area contributed by atoms with Crippen LogP contribution in [0.2, 0.25) is 0 Å². The average molecular weight is 502 g/mol. The molecule has 0 aliphatic carbocycles. The Morgan fingerprint density at radius 2 is 1.53 bits per heavy atom. The number of halogens is 2. The highest BCUT2D eigenvalue weighted by Gasteiger charge is 2.25. The maximum absolute atomic E-state index is 13.9. The van der Waals surface area contributed by atoms with Crippen LogP contribution < -0.4 is 32.7 Å². The molecule has 0 spiro atoms. The van der Waals surface area contributed by atoms with Crippen LogP contribution in [0, 0.1) is 11.6 Å². The molecule has 2 aromatic carbocycles. The molecule has 0 aliphatic rings. The summed E-state index contributed by atoms with van der Waals surface area (Å²) in [5.74, 6) is -4.63. The van der Waals surface area contributed by atoms with Crippen LogP contribution in [0.3, 0.4) is 0 Å². The third kappa shape index (κ3) is 4.89. The minimum Gasteiger partial charge on any atom is -0.480 e. The summed E-state index contributed by atoms with van der Waals surface area (Å²) in [5, 5.41) is 14.5. The van der Waals surface area contributed by atoms with Gasteiger partial charge in [-0.2, -0.15) is 9.35 Å². The molecule has 1 amide bonds. The molecule has 5 N–H and O–H groups in total. The second kappa shape index (κ2) is 10.7. The second-order valence-electron chi connectivity index (χ2n) is 7.54. The number of hydrogen-bond donors (Lipinski definition) is 5. The zero-order valence-electron chi connectivity index (χ0n) is 19.6. The summed E-state index contributed by atoms with van der Waals surface area (Å²) in [7, 11) is 4.47. The maximum Gasteiger partial charge on any atom is 0.370 e. The number of anilines is 1. The lowest BCUT2D eigenvalue weighted by Crippen LogP contribution is -2.47. The van der Waals surface area contributed by atoms with Crippen molar-refractivity contribution in [2.75, 3.05) is 37.3 Å². The van der Waals surface area contributed by atoms with Gasteiger partial charge in [0, 0.05) is 27.6 Å². The number of aromatic nitrogens is 2. The topological polar surface area (TPSA) is 146 Å². The second-order valence-corrected chi connectivity index (χ2v) is 7.54. The van der Waals surface area contributed by atoms with Crippen LogP contribution in [-0.4, -0.2) is 53.5 Å². The fourth-order valence-electron chi connectivity index (χ4n) is 3.70. The SMILES string of the molecule is CNc1c(-c2ccc(C[C@H](NC(=O)c3c(F)cccc3F)C(=O)O)cc2)c(=O)n(NC)c(=O)n1NC. The minimum atomic E-state index is -1.48. The van der Waals surface area contributed by atoms with Crippen molar-refractivity contribution in [3.63, 3.8) is 0 Å². The Kier molecular flexibility index (Phi) is 7.72. The Hall–Kier alpha value is -4.68. The Bertz CT molecular complexity index is 1400. The molecule has 1 aromatic heterocycles. The summed E-state index contributed by atoms with van der Waals surface area (Å²) < 4.78 is 29.8. The quantitative estimate of drug-likeness (QED) is 0.288. The Balaban J connectivity index is 1.93. The van der Waals surface area contributed by atoms with Crippen molar-refractivity contribution < 1.29 is 23.5 Å². The number of carbonyl (C=O) groups is 2. The summed E-state index contributed by atoms with van der Waals surface area (Å²) in [6.07, 6.45) is -0.201. The van der Waals surface area contributed by atoms with E-state index in [-0.39, 0.29) is 17.8 Å². The highest BCUT2D eigenvalue weighted by Crippen LogP contribution is 2.23. The van der Waals surface area contributed by atoms with Crippen molar-refractivity contribution in [1.29, 1.82) is 0 Å². The van der Waals surface area contributed by atoms with E-state index in [0.717, 1.165) is 27.6 Å². The van der Waals surface area contributed by atoms with Crippen molar-refractivity contribution in [3.8, 4) is 11.1 Å². The smallest absolute Gasteiger partial charge is 0.370 e. The number of carbonyl (C=O) groups excluding carboxylic acids is 1. The molecule has 1 heterocycles. The molecule has 3 aromatic rings.